The summed E-state index contributed by atoms with van der Waals surface area (Å²) in [4.78, 5) is 27.5. The fraction of sp³-hybridized carbons (Fsp3) is 0.500. The third-order valence-electron chi connectivity index (χ3n) is 3.86. The third kappa shape index (κ3) is 2.32. The molecule has 5 heteroatoms. The molecule has 2 rings (SSSR count). The van der Waals surface area contributed by atoms with Crippen molar-refractivity contribution in [1.29, 1.82) is 0 Å². The highest BCUT2D eigenvalue weighted by atomic mass is 16.4. The Kier molecular flexibility index (Phi) is 3.08. The van der Waals surface area contributed by atoms with E-state index in [4.69, 9.17) is 5.11 Å². The lowest BCUT2D eigenvalue weighted by Gasteiger charge is -2.09. The molecule has 2 unspecified atom stereocenters. The molecule has 0 saturated heterocycles. The summed E-state index contributed by atoms with van der Waals surface area (Å²) in [6, 6.07) is 3.61. The second kappa shape index (κ2) is 4.33. The number of hydrogen-bond acceptors (Lipinski definition) is 3. The van der Waals surface area contributed by atoms with E-state index in [1.807, 2.05) is 19.9 Å². The van der Waals surface area contributed by atoms with Crippen molar-refractivity contribution in [1.82, 2.24) is 4.98 Å². The standard InChI is InChI=1S/C14H18N2O3/c1-7-5-6-9(8(2)15-7)16-12(17)10-11(13(18)19)14(10,3)4/h5-6,10-11H,1-4H3,(H,16,17)(H,18,19). The number of carbonyl (C=O) groups excluding carboxylic acids is 1. The molecule has 0 spiro atoms. The first kappa shape index (κ1) is 13.5. The van der Waals surface area contributed by atoms with Crippen LogP contribution in [0, 0.1) is 31.1 Å². The molecule has 1 fully saturated rings. The monoisotopic (exact) mass is 262 g/mol. The smallest absolute Gasteiger partial charge is 0.307 e. The fourth-order valence-corrected chi connectivity index (χ4v) is 2.62. The van der Waals surface area contributed by atoms with Gasteiger partial charge in [0, 0.05) is 5.69 Å². The summed E-state index contributed by atoms with van der Waals surface area (Å²) in [5.41, 5.74) is 1.77. The van der Waals surface area contributed by atoms with Crippen molar-refractivity contribution in [3.05, 3.63) is 23.5 Å². The van der Waals surface area contributed by atoms with E-state index in [1.165, 1.54) is 0 Å². The first-order valence-corrected chi connectivity index (χ1v) is 6.23. The van der Waals surface area contributed by atoms with Gasteiger partial charge >= 0.3 is 5.97 Å². The van der Waals surface area contributed by atoms with Crippen LogP contribution in [-0.4, -0.2) is 22.0 Å². The zero-order valence-corrected chi connectivity index (χ0v) is 11.5. The number of carboxylic acid groups (broad SMARTS) is 1. The number of aromatic nitrogens is 1. The van der Waals surface area contributed by atoms with Crippen LogP contribution in [0.25, 0.3) is 0 Å². The minimum Gasteiger partial charge on any atom is -0.481 e. The quantitative estimate of drug-likeness (QED) is 0.873. The van der Waals surface area contributed by atoms with E-state index in [1.54, 1.807) is 19.9 Å². The number of hydrogen-bond donors (Lipinski definition) is 2. The number of carbonyl (C=O) groups is 2. The Bertz CT molecular complexity index is 552. The van der Waals surface area contributed by atoms with Crippen LogP contribution in [0.5, 0.6) is 0 Å². The largest absolute Gasteiger partial charge is 0.481 e. The van der Waals surface area contributed by atoms with Gasteiger partial charge in [-0.25, -0.2) is 0 Å². The Morgan fingerprint density at radius 1 is 1.26 bits per heavy atom. The average Bonchev–Trinajstić information content (AvgIpc) is 2.86. The van der Waals surface area contributed by atoms with E-state index in [-0.39, 0.29) is 5.91 Å². The maximum Gasteiger partial charge on any atom is 0.307 e. The first-order chi connectivity index (χ1) is 8.75. The van der Waals surface area contributed by atoms with Crippen LogP contribution in [0.3, 0.4) is 0 Å². The number of aryl methyl sites for hydroxylation is 2. The van der Waals surface area contributed by atoms with Crippen molar-refractivity contribution in [2.75, 3.05) is 5.32 Å². The lowest BCUT2D eigenvalue weighted by atomic mass is 10.1. The Morgan fingerprint density at radius 3 is 2.37 bits per heavy atom. The maximum atomic E-state index is 12.1. The Labute approximate surface area is 112 Å². The van der Waals surface area contributed by atoms with Crippen molar-refractivity contribution in [2.45, 2.75) is 27.7 Å². The van der Waals surface area contributed by atoms with Crippen molar-refractivity contribution in [3.8, 4) is 0 Å². The summed E-state index contributed by atoms with van der Waals surface area (Å²) in [6.07, 6.45) is 0. The molecule has 1 amide bonds. The van der Waals surface area contributed by atoms with Gasteiger partial charge in [-0.2, -0.15) is 0 Å². The molecule has 1 aromatic rings. The molecule has 1 aliphatic carbocycles. The number of rotatable bonds is 3. The molecule has 0 aromatic carbocycles. The Balaban J connectivity index is 2.13. The summed E-state index contributed by atoms with van der Waals surface area (Å²) in [5, 5.41) is 11.8. The number of nitrogens with one attached hydrogen (secondary N) is 1. The van der Waals surface area contributed by atoms with Gasteiger partial charge in [0.05, 0.1) is 23.2 Å². The van der Waals surface area contributed by atoms with E-state index in [9.17, 15) is 9.59 Å². The molecule has 2 atom stereocenters. The van der Waals surface area contributed by atoms with Gasteiger partial charge in [-0.3, -0.25) is 14.6 Å². The van der Waals surface area contributed by atoms with Gasteiger partial charge in [0.1, 0.15) is 0 Å². The number of nitrogens with zero attached hydrogens (tertiary/aromatic N) is 1. The van der Waals surface area contributed by atoms with Crippen LogP contribution in [0.15, 0.2) is 12.1 Å². The van der Waals surface area contributed by atoms with Crippen LogP contribution in [-0.2, 0) is 9.59 Å². The maximum absolute atomic E-state index is 12.1. The van der Waals surface area contributed by atoms with Gasteiger partial charge in [-0.1, -0.05) is 13.8 Å². The molecule has 0 aliphatic heterocycles. The molecule has 1 aliphatic rings. The summed E-state index contributed by atoms with van der Waals surface area (Å²) in [6.45, 7) is 7.30. The molecule has 5 nitrogen and oxygen atoms in total. The van der Waals surface area contributed by atoms with Gasteiger partial charge in [0.15, 0.2) is 0 Å². The van der Waals surface area contributed by atoms with E-state index in [0.717, 1.165) is 11.4 Å². The Hall–Kier alpha value is -1.91. The van der Waals surface area contributed by atoms with Crippen LogP contribution in [0.4, 0.5) is 5.69 Å². The van der Waals surface area contributed by atoms with Gasteiger partial charge in [0.2, 0.25) is 5.91 Å². The molecule has 19 heavy (non-hydrogen) atoms. The lowest BCUT2D eigenvalue weighted by molar-refractivity contribution is -0.140. The molecule has 2 N–H and O–H groups in total. The predicted molar refractivity (Wildman–Crippen MR) is 70.7 cm³/mol. The predicted octanol–water partition coefficient (Wildman–Crippen LogP) is 1.99. The number of carboxylic acids is 1. The Morgan fingerprint density at radius 2 is 1.89 bits per heavy atom. The normalized spacial score (nSPS) is 23.8. The zero-order valence-electron chi connectivity index (χ0n) is 11.5. The van der Waals surface area contributed by atoms with Crippen molar-refractivity contribution >= 4 is 17.6 Å². The molecule has 102 valence electrons. The highest BCUT2D eigenvalue weighted by molar-refractivity contribution is 5.99. The van der Waals surface area contributed by atoms with E-state index in [2.05, 4.69) is 10.3 Å². The summed E-state index contributed by atoms with van der Waals surface area (Å²) in [5.74, 6) is -2.24. The first-order valence-electron chi connectivity index (χ1n) is 6.23. The van der Waals surface area contributed by atoms with E-state index >= 15 is 0 Å². The molecule has 1 heterocycles. The summed E-state index contributed by atoms with van der Waals surface area (Å²) < 4.78 is 0. The molecule has 0 radical (unpaired) electrons. The van der Waals surface area contributed by atoms with E-state index in [0.29, 0.717) is 5.69 Å². The van der Waals surface area contributed by atoms with Crippen molar-refractivity contribution in [2.24, 2.45) is 17.3 Å². The topological polar surface area (TPSA) is 79.3 Å². The van der Waals surface area contributed by atoms with Gasteiger partial charge < -0.3 is 10.4 Å². The second-order valence-electron chi connectivity index (χ2n) is 5.69. The van der Waals surface area contributed by atoms with Crippen molar-refractivity contribution in [3.63, 3.8) is 0 Å². The van der Waals surface area contributed by atoms with Gasteiger partial charge in [-0.15, -0.1) is 0 Å². The molecular formula is C14H18N2O3. The van der Waals surface area contributed by atoms with Crippen LogP contribution in [0.2, 0.25) is 0 Å². The third-order valence-corrected chi connectivity index (χ3v) is 3.86. The van der Waals surface area contributed by atoms with E-state index < -0.39 is 23.2 Å². The highest BCUT2D eigenvalue weighted by Gasteiger charge is 2.65. The molecule has 0 bridgehead atoms. The minimum absolute atomic E-state index is 0.244. The molecule has 1 aromatic heterocycles. The second-order valence-corrected chi connectivity index (χ2v) is 5.69. The summed E-state index contributed by atoms with van der Waals surface area (Å²) in [7, 11) is 0. The van der Waals surface area contributed by atoms with Gasteiger partial charge in [-0.05, 0) is 31.4 Å². The van der Waals surface area contributed by atoms with Crippen LogP contribution < -0.4 is 5.32 Å². The zero-order chi connectivity index (χ0) is 14.4. The molecule has 1 saturated carbocycles. The summed E-state index contributed by atoms with van der Waals surface area (Å²) >= 11 is 0. The number of amides is 1. The van der Waals surface area contributed by atoms with Crippen LogP contribution in [0.1, 0.15) is 25.2 Å². The SMILES string of the molecule is Cc1ccc(NC(=O)C2C(C(=O)O)C2(C)C)c(C)n1. The van der Waals surface area contributed by atoms with Gasteiger partial charge in [0.25, 0.3) is 0 Å². The highest BCUT2D eigenvalue weighted by Crippen LogP contribution is 2.58. The number of anilines is 1. The lowest BCUT2D eigenvalue weighted by Crippen LogP contribution is -2.18. The van der Waals surface area contributed by atoms with Crippen LogP contribution >= 0.6 is 0 Å². The number of aliphatic carboxylic acids is 1. The minimum atomic E-state index is -0.913. The molecular weight excluding hydrogens is 244 g/mol. The average molecular weight is 262 g/mol. The fourth-order valence-electron chi connectivity index (χ4n) is 2.62. The van der Waals surface area contributed by atoms with Crippen molar-refractivity contribution < 1.29 is 14.7 Å². The number of pyridine rings is 1.